The van der Waals surface area contributed by atoms with Crippen LogP contribution in [0.5, 0.6) is 0 Å². The van der Waals surface area contributed by atoms with E-state index in [0.29, 0.717) is 18.5 Å². The summed E-state index contributed by atoms with van der Waals surface area (Å²) in [5, 5.41) is 0. The fraction of sp³-hybridized carbons (Fsp3) is 0.571. The molecule has 1 aromatic heterocycles. The van der Waals surface area contributed by atoms with Crippen molar-refractivity contribution in [1.29, 1.82) is 0 Å². The second-order valence-corrected chi connectivity index (χ2v) is 4.79. The van der Waals surface area contributed by atoms with Crippen LogP contribution in [0, 0.1) is 11.7 Å². The fourth-order valence-corrected chi connectivity index (χ4v) is 2.28. The van der Waals surface area contributed by atoms with Crippen LogP contribution in [-0.4, -0.2) is 36.8 Å². The lowest BCUT2D eigenvalue weighted by atomic mass is 9.94. The van der Waals surface area contributed by atoms with Gasteiger partial charge in [-0.05, 0) is 25.2 Å². The molecule has 0 fully saturated rings. The Kier molecular flexibility index (Phi) is 5.27. The maximum atomic E-state index is 12.9. The zero-order valence-electron chi connectivity index (χ0n) is 11.3. The smallest absolute Gasteiger partial charge is 0.225 e. The molecule has 104 valence electrons. The third kappa shape index (κ3) is 4.28. The Morgan fingerprint density at radius 2 is 2.16 bits per heavy atom. The highest BCUT2D eigenvalue weighted by Gasteiger charge is 2.17. The maximum Gasteiger partial charge on any atom is 0.225 e. The molecule has 1 aliphatic rings. The molecule has 0 saturated carbocycles. The molecule has 1 aliphatic carbocycles. The second-order valence-electron chi connectivity index (χ2n) is 4.79. The lowest BCUT2D eigenvalue weighted by Gasteiger charge is -2.28. The molecule has 0 radical (unpaired) electrons. The molecule has 0 aliphatic heterocycles. The van der Waals surface area contributed by atoms with Gasteiger partial charge in [-0.2, -0.15) is 0 Å². The van der Waals surface area contributed by atoms with E-state index in [0.717, 1.165) is 25.9 Å². The lowest BCUT2D eigenvalue weighted by molar-refractivity contribution is 0.203. The summed E-state index contributed by atoms with van der Waals surface area (Å²) in [6.45, 7) is 2.23. The van der Waals surface area contributed by atoms with E-state index in [-0.39, 0.29) is 0 Å². The predicted molar refractivity (Wildman–Crippen MR) is 72.6 cm³/mol. The number of nitrogens with zero attached hydrogens (tertiary/aromatic N) is 3. The van der Waals surface area contributed by atoms with Crippen LogP contribution in [0.1, 0.15) is 19.3 Å². The monoisotopic (exact) mass is 265 g/mol. The van der Waals surface area contributed by atoms with Gasteiger partial charge in [0.25, 0.3) is 0 Å². The van der Waals surface area contributed by atoms with Crippen molar-refractivity contribution in [1.82, 2.24) is 9.97 Å². The number of ether oxygens (including phenoxy) is 1. The summed E-state index contributed by atoms with van der Waals surface area (Å²) in [7, 11) is 1.67. The average molecular weight is 265 g/mol. The molecule has 0 N–H and O–H groups in total. The minimum atomic E-state index is -0.406. The molecule has 1 unspecified atom stereocenters. The molecule has 1 atom stereocenters. The molecule has 1 aromatic rings. The van der Waals surface area contributed by atoms with E-state index in [1.807, 2.05) is 0 Å². The Bertz CT molecular complexity index is 408. The third-order valence-corrected chi connectivity index (χ3v) is 3.31. The van der Waals surface area contributed by atoms with E-state index in [4.69, 9.17) is 4.74 Å². The van der Waals surface area contributed by atoms with Crippen LogP contribution < -0.4 is 4.90 Å². The topological polar surface area (TPSA) is 38.2 Å². The van der Waals surface area contributed by atoms with Crippen LogP contribution in [0.15, 0.2) is 24.5 Å². The Balaban J connectivity index is 2.01. The van der Waals surface area contributed by atoms with Gasteiger partial charge in [0.15, 0.2) is 5.82 Å². The van der Waals surface area contributed by atoms with Gasteiger partial charge >= 0.3 is 0 Å². The van der Waals surface area contributed by atoms with Crippen molar-refractivity contribution < 1.29 is 9.13 Å². The second kappa shape index (κ2) is 7.19. The highest BCUT2D eigenvalue weighted by atomic mass is 19.1. The average Bonchev–Trinajstić information content (AvgIpc) is 2.45. The van der Waals surface area contributed by atoms with Crippen LogP contribution in [0.3, 0.4) is 0 Å². The quantitative estimate of drug-likeness (QED) is 0.740. The van der Waals surface area contributed by atoms with Crippen molar-refractivity contribution in [3.8, 4) is 0 Å². The third-order valence-electron chi connectivity index (χ3n) is 3.31. The number of halogens is 1. The molecule has 2 rings (SSSR count). The van der Waals surface area contributed by atoms with Gasteiger partial charge in [-0.15, -0.1) is 0 Å². The van der Waals surface area contributed by atoms with Gasteiger partial charge in [-0.25, -0.2) is 14.4 Å². The Morgan fingerprint density at radius 1 is 1.37 bits per heavy atom. The standard InChI is InChI=1S/C14H20FN3O/c1-19-8-7-18(11-12-5-3-2-4-6-12)14-16-9-13(15)10-17-14/h2-3,9-10,12H,4-8,11H2,1H3. The molecule has 0 amide bonds. The molecule has 0 spiro atoms. The Hall–Kier alpha value is -1.49. The minimum absolute atomic E-state index is 0.406. The summed E-state index contributed by atoms with van der Waals surface area (Å²) in [6, 6.07) is 0. The van der Waals surface area contributed by atoms with Crippen LogP contribution >= 0.6 is 0 Å². The van der Waals surface area contributed by atoms with E-state index in [1.54, 1.807) is 7.11 Å². The highest BCUT2D eigenvalue weighted by Crippen LogP contribution is 2.21. The van der Waals surface area contributed by atoms with Gasteiger partial charge in [-0.3, -0.25) is 0 Å². The summed E-state index contributed by atoms with van der Waals surface area (Å²) in [6.07, 6.45) is 10.3. The summed E-state index contributed by atoms with van der Waals surface area (Å²) in [4.78, 5) is 10.2. The summed E-state index contributed by atoms with van der Waals surface area (Å²) in [5.41, 5.74) is 0. The fourth-order valence-electron chi connectivity index (χ4n) is 2.28. The van der Waals surface area contributed by atoms with Crippen LogP contribution in [0.25, 0.3) is 0 Å². The van der Waals surface area contributed by atoms with Gasteiger partial charge in [-0.1, -0.05) is 12.2 Å². The van der Waals surface area contributed by atoms with E-state index in [1.165, 1.54) is 18.8 Å². The van der Waals surface area contributed by atoms with Crippen molar-refractivity contribution in [2.45, 2.75) is 19.3 Å². The molecule has 1 heterocycles. The molecule has 0 saturated heterocycles. The van der Waals surface area contributed by atoms with Gasteiger partial charge < -0.3 is 9.64 Å². The van der Waals surface area contributed by atoms with Gasteiger partial charge in [0, 0.05) is 20.2 Å². The van der Waals surface area contributed by atoms with E-state index < -0.39 is 5.82 Å². The van der Waals surface area contributed by atoms with E-state index in [2.05, 4.69) is 27.0 Å². The Morgan fingerprint density at radius 3 is 2.79 bits per heavy atom. The van der Waals surface area contributed by atoms with Gasteiger partial charge in [0.05, 0.1) is 19.0 Å². The number of hydrogen-bond acceptors (Lipinski definition) is 4. The van der Waals surface area contributed by atoms with Crippen molar-refractivity contribution in [2.24, 2.45) is 5.92 Å². The normalized spacial score (nSPS) is 18.5. The zero-order chi connectivity index (χ0) is 13.5. The first-order chi connectivity index (χ1) is 9.29. The van der Waals surface area contributed by atoms with Crippen molar-refractivity contribution >= 4 is 5.95 Å². The zero-order valence-corrected chi connectivity index (χ0v) is 11.3. The molecular formula is C14H20FN3O. The molecule has 4 nitrogen and oxygen atoms in total. The van der Waals surface area contributed by atoms with Crippen molar-refractivity contribution in [2.75, 3.05) is 31.7 Å². The van der Waals surface area contributed by atoms with E-state index in [9.17, 15) is 4.39 Å². The number of aromatic nitrogens is 2. The first kappa shape index (κ1) is 13.9. The summed E-state index contributed by atoms with van der Waals surface area (Å²) < 4.78 is 18.0. The van der Waals surface area contributed by atoms with Crippen LogP contribution in [-0.2, 0) is 4.74 Å². The lowest BCUT2D eigenvalue weighted by Crippen LogP contribution is -2.34. The molecule has 0 bridgehead atoms. The van der Waals surface area contributed by atoms with Gasteiger partial charge in [0.2, 0.25) is 5.95 Å². The number of rotatable bonds is 6. The maximum absolute atomic E-state index is 12.9. The van der Waals surface area contributed by atoms with E-state index >= 15 is 0 Å². The largest absolute Gasteiger partial charge is 0.383 e. The molecule has 0 aromatic carbocycles. The van der Waals surface area contributed by atoms with Crippen LogP contribution in [0.4, 0.5) is 10.3 Å². The summed E-state index contributed by atoms with van der Waals surface area (Å²) >= 11 is 0. The molecular weight excluding hydrogens is 245 g/mol. The Labute approximate surface area is 113 Å². The van der Waals surface area contributed by atoms with Crippen molar-refractivity contribution in [3.05, 3.63) is 30.4 Å². The first-order valence-electron chi connectivity index (χ1n) is 6.66. The molecule has 19 heavy (non-hydrogen) atoms. The number of anilines is 1. The van der Waals surface area contributed by atoms with Gasteiger partial charge in [0.1, 0.15) is 0 Å². The first-order valence-corrected chi connectivity index (χ1v) is 6.66. The number of hydrogen-bond donors (Lipinski definition) is 0. The highest BCUT2D eigenvalue weighted by molar-refractivity contribution is 5.28. The predicted octanol–water partition coefficient (Wildman–Crippen LogP) is 2.42. The summed E-state index contributed by atoms with van der Waals surface area (Å²) in [5.74, 6) is 0.777. The van der Waals surface area contributed by atoms with Crippen LogP contribution in [0.2, 0.25) is 0 Å². The number of methoxy groups -OCH3 is 1. The SMILES string of the molecule is COCCN(CC1CC=CCC1)c1ncc(F)cn1. The van der Waals surface area contributed by atoms with Crippen molar-refractivity contribution in [3.63, 3.8) is 0 Å². The molecule has 5 heteroatoms. The minimum Gasteiger partial charge on any atom is -0.383 e. The number of allylic oxidation sites excluding steroid dienone is 2.